The Morgan fingerprint density at radius 1 is 1.10 bits per heavy atom. The molecule has 0 radical (unpaired) electrons. The van der Waals surface area contributed by atoms with E-state index in [2.05, 4.69) is 15.6 Å². The molecule has 2 amide bonds. The van der Waals surface area contributed by atoms with Crippen LogP contribution < -0.4 is 10.6 Å². The van der Waals surface area contributed by atoms with Crippen LogP contribution in [0.1, 0.15) is 17.3 Å². The number of rotatable bonds is 7. The van der Waals surface area contributed by atoms with Crippen molar-refractivity contribution < 1.29 is 14.5 Å². The molecule has 0 saturated carbocycles. The van der Waals surface area contributed by atoms with Gasteiger partial charge in [0.15, 0.2) is 0 Å². The van der Waals surface area contributed by atoms with Crippen LogP contribution in [-0.4, -0.2) is 27.0 Å². The Hall–Kier alpha value is -3.43. The molecule has 158 valence electrons. The number of nitrogens with one attached hydrogen (secondary N) is 2. The van der Waals surface area contributed by atoms with Gasteiger partial charge in [-0.05, 0) is 43.3 Å². The second-order valence-electron chi connectivity index (χ2n) is 6.40. The van der Waals surface area contributed by atoms with Crippen molar-refractivity contribution in [2.45, 2.75) is 17.1 Å². The van der Waals surface area contributed by atoms with Gasteiger partial charge in [0.25, 0.3) is 11.6 Å². The summed E-state index contributed by atoms with van der Waals surface area (Å²) in [5.74, 6) is -0.295. The Balaban J connectivity index is 1.63. The lowest BCUT2D eigenvalue weighted by atomic mass is 10.2. The highest BCUT2D eigenvalue weighted by atomic mass is 35.5. The number of halogens is 1. The molecule has 31 heavy (non-hydrogen) atoms. The number of benzene rings is 2. The van der Waals surface area contributed by atoms with Gasteiger partial charge in [0.1, 0.15) is 5.82 Å². The third-order valence-corrected chi connectivity index (χ3v) is 5.39. The maximum atomic E-state index is 12.4. The average Bonchev–Trinajstić information content (AvgIpc) is 2.75. The maximum absolute atomic E-state index is 12.4. The molecule has 0 aliphatic rings. The standard InChI is InChI=1S/C21H17ClN4O4S/c1-13(20(27)25-19-9-8-15(22)12-23-19)31-18-7-3-5-16(11-18)24-21(28)14-4-2-6-17(10-14)26(29)30/h2-13H,1H3,(H,24,28)(H,23,25,27). The Labute approximate surface area is 187 Å². The van der Waals surface area contributed by atoms with Crippen LogP contribution in [0.3, 0.4) is 0 Å². The zero-order chi connectivity index (χ0) is 22.4. The van der Waals surface area contributed by atoms with E-state index in [-0.39, 0.29) is 17.2 Å². The number of non-ortho nitro benzene ring substituents is 1. The van der Waals surface area contributed by atoms with Crippen molar-refractivity contribution >= 4 is 52.4 Å². The first-order valence-electron chi connectivity index (χ1n) is 9.07. The average molecular weight is 457 g/mol. The van der Waals surface area contributed by atoms with Gasteiger partial charge in [-0.2, -0.15) is 0 Å². The molecule has 0 aliphatic carbocycles. The summed E-state index contributed by atoms with van der Waals surface area (Å²) in [7, 11) is 0. The van der Waals surface area contributed by atoms with Gasteiger partial charge >= 0.3 is 0 Å². The molecule has 1 atom stereocenters. The minimum atomic E-state index is -0.556. The van der Waals surface area contributed by atoms with Crippen LogP contribution in [0.15, 0.2) is 71.8 Å². The van der Waals surface area contributed by atoms with Crippen LogP contribution in [0.4, 0.5) is 17.2 Å². The topological polar surface area (TPSA) is 114 Å². The van der Waals surface area contributed by atoms with Gasteiger partial charge in [0, 0.05) is 34.5 Å². The number of hydrogen-bond acceptors (Lipinski definition) is 6. The van der Waals surface area contributed by atoms with Crippen molar-refractivity contribution in [3.63, 3.8) is 0 Å². The number of aromatic nitrogens is 1. The number of amides is 2. The fourth-order valence-electron chi connectivity index (χ4n) is 2.55. The van der Waals surface area contributed by atoms with E-state index in [9.17, 15) is 19.7 Å². The number of nitro groups is 1. The summed E-state index contributed by atoms with van der Waals surface area (Å²) in [4.78, 5) is 40.0. The molecule has 3 rings (SSSR count). The molecule has 1 heterocycles. The van der Waals surface area contributed by atoms with Crippen molar-refractivity contribution in [2.75, 3.05) is 10.6 Å². The van der Waals surface area contributed by atoms with Crippen LogP contribution in [0.25, 0.3) is 0 Å². The molecule has 0 spiro atoms. The van der Waals surface area contributed by atoms with Gasteiger partial charge in [-0.1, -0.05) is 23.7 Å². The molecule has 2 aromatic carbocycles. The summed E-state index contributed by atoms with van der Waals surface area (Å²) in [5, 5.41) is 16.4. The Morgan fingerprint density at radius 3 is 2.58 bits per heavy atom. The lowest BCUT2D eigenvalue weighted by Gasteiger charge is -2.13. The first-order chi connectivity index (χ1) is 14.8. The summed E-state index contributed by atoms with van der Waals surface area (Å²) in [5.41, 5.74) is 0.524. The molecule has 0 bridgehead atoms. The molecule has 1 unspecified atom stereocenters. The molecule has 3 aromatic rings. The highest BCUT2D eigenvalue weighted by Gasteiger charge is 2.16. The molecule has 2 N–H and O–H groups in total. The minimum Gasteiger partial charge on any atom is -0.322 e. The number of thioether (sulfide) groups is 1. The zero-order valence-corrected chi connectivity index (χ0v) is 17.8. The van der Waals surface area contributed by atoms with Gasteiger partial charge in [0.05, 0.1) is 15.2 Å². The van der Waals surface area contributed by atoms with Crippen molar-refractivity contribution in [2.24, 2.45) is 0 Å². The van der Waals surface area contributed by atoms with Crippen LogP contribution in [0.2, 0.25) is 5.02 Å². The van der Waals surface area contributed by atoms with Gasteiger partial charge < -0.3 is 10.6 Å². The lowest BCUT2D eigenvalue weighted by molar-refractivity contribution is -0.384. The van der Waals surface area contributed by atoms with E-state index in [0.29, 0.717) is 16.5 Å². The van der Waals surface area contributed by atoms with Crippen LogP contribution in [-0.2, 0) is 4.79 Å². The molecule has 0 aliphatic heterocycles. The predicted molar refractivity (Wildman–Crippen MR) is 121 cm³/mol. The monoisotopic (exact) mass is 456 g/mol. The van der Waals surface area contributed by atoms with Crippen LogP contribution in [0.5, 0.6) is 0 Å². The first kappa shape index (κ1) is 22.3. The normalized spacial score (nSPS) is 11.4. The summed E-state index contributed by atoms with van der Waals surface area (Å²) in [6, 6.07) is 15.7. The van der Waals surface area contributed by atoms with Gasteiger partial charge in [0.2, 0.25) is 5.91 Å². The highest BCUT2D eigenvalue weighted by Crippen LogP contribution is 2.27. The Kier molecular flexibility index (Phi) is 7.22. The van der Waals surface area contributed by atoms with Gasteiger partial charge in [-0.25, -0.2) is 4.98 Å². The van der Waals surface area contributed by atoms with Crippen LogP contribution in [0, 0.1) is 10.1 Å². The van der Waals surface area contributed by atoms with E-state index in [4.69, 9.17) is 11.6 Å². The second-order valence-corrected chi connectivity index (χ2v) is 8.25. The fraction of sp³-hybridized carbons (Fsp3) is 0.0952. The summed E-state index contributed by atoms with van der Waals surface area (Å²) >= 11 is 7.10. The number of nitrogens with zero attached hydrogens (tertiary/aromatic N) is 2. The molecule has 1 aromatic heterocycles. The third-order valence-electron chi connectivity index (χ3n) is 4.07. The Morgan fingerprint density at radius 2 is 1.87 bits per heavy atom. The van der Waals surface area contributed by atoms with E-state index in [1.54, 1.807) is 37.3 Å². The van der Waals surface area contributed by atoms with Gasteiger partial charge in [-0.3, -0.25) is 19.7 Å². The zero-order valence-electron chi connectivity index (χ0n) is 16.2. The number of nitro benzene ring substituents is 1. The molecular weight excluding hydrogens is 440 g/mol. The number of carbonyl (C=O) groups excluding carboxylic acids is 2. The quantitative estimate of drug-likeness (QED) is 0.293. The lowest BCUT2D eigenvalue weighted by Crippen LogP contribution is -2.22. The highest BCUT2D eigenvalue weighted by molar-refractivity contribution is 8.00. The SMILES string of the molecule is CC(Sc1cccc(NC(=O)c2cccc([N+](=O)[O-])c2)c1)C(=O)Nc1ccc(Cl)cn1. The van der Waals surface area contributed by atoms with E-state index in [1.165, 1.54) is 42.2 Å². The summed E-state index contributed by atoms with van der Waals surface area (Å²) in [6.45, 7) is 1.75. The minimum absolute atomic E-state index is 0.160. The molecule has 0 fully saturated rings. The predicted octanol–water partition coefficient (Wildman–Crippen LogP) is 5.01. The fourth-order valence-corrected chi connectivity index (χ4v) is 3.58. The van der Waals surface area contributed by atoms with Crippen LogP contribution >= 0.6 is 23.4 Å². The first-order valence-corrected chi connectivity index (χ1v) is 10.3. The Bertz CT molecular complexity index is 1120. The number of hydrogen-bond donors (Lipinski definition) is 2. The van der Waals surface area contributed by atoms with Crippen molar-refractivity contribution in [3.05, 3.63) is 87.6 Å². The third kappa shape index (κ3) is 6.27. The second kappa shape index (κ2) is 10.1. The van der Waals surface area contributed by atoms with E-state index < -0.39 is 16.1 Å². The van der Waals surface area contributed by atoms with E-state index in [0.717, 1.165) is 4.90 Å². The molecular formula is C21H17ClN4O4S. The van der Waals surface area contributed by atoms with Gasteiger partial charge in [-0.15, -0.1) is 11.8 Å². The van der Waals surface area contributed by atoms with E-state index in [1.807, 2.05) is 6.07 Å². The largest absolute Gasteiger partial charge is 0.322 e. The van der Waals surface area contributed by atoms with Crippen molar-refractivity contribution in [1.82, 2.24) is 4.98 Å². The molecule has 10 heteroatoms. The molecule has 0 saturated heterocycles. The number of carbonyl (C=O) groups is 2. The summed E-state index contributed by atoms with van der Waals surface area (Å²) in [6.07, 6.45) is 1.45. The van der Waals surface area contributed by atoms with E-state index >= 15 is 0 Å². The smallest absolute Gasteiger partial charge is 0.270 e. The van der Waals surface area contributed by atoms with Crippen molar-refractivity contribution in [3.8, 4) is 0 Å². The maximum Gasteiger partial charge on any atom is 0.270 e. The number of anilines is 2. The molecule has 8 nitrogen and oxygen atoms in total. The summed E-state index contributed by atoms with van der Waals surface area (Å²) < 4.78 is 0. The van der Waals surface area contributed by atoms with Crippen molar-refractivity contribution in [1.29, 1.82) is 0 Å². The number of pyridine rings is 1.